The standard InChI is InChI=1S/C13H16ClNO3/c1-2-4-12(16)15-11(13(17)18)8-9-5-3-6-10(14)7-9/h3,5-7,11H,2,4,8H2,1H3,(H,15,16)(H,17,18). The van der Waals surface area contributed by atoms with Crippen molar-refractivity contribution >= 4 is 23.5 Å². The van der Waals surface area contributed by atoms with Crippen LogP contribution in [-0.2, 0) is 16.0 Å². The summed E-state index contributed by atoms with van der Waals surface area (Å²) >= 11 is 5.83. The molecule has 98 valence electrons. The van der Waals surface area contributed by atoms with E-state index < -0.39 is 12.0 Å². The van der Waals surface area contributed by atoms with E-state index in [1.807, 2.05) is 6.92 Å². The highest BCUT2D eigenvalue weighted by Gasteiger charge is 2.19. The summed E-state index contributed by atoms with van der Waals surface area (Å²) < 4.78 is 0. The first kappa shape index (κ1) is 14.5. The molecule has 2 N–H and O–H groups in total. The van der Waals surface area contributed by atoms with E-state index in [9.17, 15) is 9.59 Å². The predicted molar refractivity (Wildman–Crippen MR) is 69.6 cm³/mol. The number of aliphatic carboxylic acids is 1. The zero-order valence-electron chi connectivity index (χ0n) is 10.1. The number of nitrogens with one attached hydrogen (secondary N) is 1. The predicted octanol–water partition coefficient (Wildman–Crippen LogP) is 2.25. The molecular formula is C13H16ClNO3. The number of halogens is 1. The summed E-state index contributed by atoms with van der Waals surface area (Å²) in [5.41, 5.74) is 0.784. The van der Waals surface area contributed by atoms with Gasteiger partial charge >= 0.3 is 5.97 Å². The molecule has 0 heterocycles. The van der Waals surface area contributed by atoms with Gasteiger partial charge in [-0.05, 0) is 24.1 Å². The van der Waals surface area contributed by atoms with Crippen LogP contribution in [0.15, 0.2) is 24.3 Å². The Balaban J connectivity index is 2.69. The molecular weight excluding hydrogens is 254 g/mol. The maximum Gasteiger partial charge on any atom is 0.326 e. The van der Waals surface area contributed by atoms with Gasteiger partial charge in [0.2, 0.25) is 5.91 Å². The number of benzene rings is 1. The summed E-state index contributed by atoms with van der Waals surface area (Å²) in [6, 6.07) is 6.04. The van der Waals surface area contributed by atoms with Crippen LogP contribution in [-0.4, -0.2) is 23.0 Å². The maximum absolute atomic E-state index is 11.4. The Labute approximate surface area is 111 Å². The third-order valence-corrected chi connectivity index (χ3v) is 2.67. The normalized spacial score (nSPS) is 11.9. The van der Waals surface area contributed by atoms with E-state index >= 15 is 0 Å². The minimum absolute atomic E-state index is 0.228. The van der Waals surface area contributed by atoms with Crippen LogP contribution in [0.3, 0.4) is 0 Å². The third-order valence-electron chi connectivity index (χ3n) is 2.44. The maximum atomic E-state index is 11.4. The van der Waals surface area contributed by atoms with Crippen molar-refractivity contribution in [1.29, 1.82) is 0 Å². The quantitative estimate of drug-likeness (QED) is 0.832. The van der Waals surface area contributed by atoms with Crippen LogP contribution >= 0.6 is 11.6 Å². The summed E-state index contributed by atoms with van der Waals surface area (Å²) in [7, 11) is 0. The van der Waals surface area contributed by atoms with Crippen molar-refractivity contribution in [3.63, 3.8) is 0 Å². The molecule has 5 heteroatoms. The Morgan fingerprint density at radius 3 is 2.72 bits per heavy atom. The molecule has 0 spiro atoms. The zero-order valence-corrected chi connectivity index (χ0v) is 10.9. The van der Waals surface area contributed by atoms with E-state index in [2.05, 4.69) is 5.32 Å². The SMILES string of the molecule is CCCC(=O)NC(Cc1cccc(Cl)c1)C(=O)O. The van der Waals surface area contributed by atoms with Gasteiger partial charge in [-0.3, -0.25) is 4.79 Å². The highest BCUT2D eigenvalue weighted by atomic mass is 35.5. The van der Waals surface area contributed by atoms with Gasteiger partial charge in [-0.2, -0.15) is 0 Å². The van der Waals surface area contributed by atoms with Crippen LogP contribution in [0.1, 0.15) is 25.3 Å². The molecule has 0 saturated carbocycles. The second-order valence-electron chi connectivity index (χ2n) is 4.04. The molecule has 1 amide bonds. The molecule has 1 aromatic rings. The van der Waals surface area contributed by atoms with Crippen molar-refractivity contribution in [1.82, 2.24) is 5.32 Å². The van der Waals surface area contributed by atoms with Crippen molar-refractivity contribution in [2.75, 3.05) is 0 Å². The summed E-state index contributed by atoms with van der Waals surface area (Å²) in [5.74, 6) is -1.29. The monoisotopic (exact) mass is 269 g/mol. The van der Waals surface area contributed by atoms with Crippen LogP contribution in [0.4, 0.5) is 0 Å². The molecule has 4 nitrogen and oxygen atoms in total. The molecule has 1 unspecified atom stereocenters. The minimum atomic E-state index is -1.04. The fourth-order valence-corrected chi connectivity index (χ4v) is 1.81. The minimum Gasteiger partial charge on any atom is -0.480 e. The van der Waals surface area contributed by atoms with Crippen LogP contribution in [0.5, 0.6) is 0 Å². The smallest absolute Gasteiger partial charge is 0.326 e. The second kappa shape index (κ2) is 7.01. The topological polar surface area (TPSA) is 66.4 Å². The van der Waals surface area contributed by atoms with Crippen molar-refractivity contribution in [2.45, 2.75) is 32.2 Å². The average Bonchev–Trinajstić information content (AvgIpc) is 2.28. The number of carbonyl (C=O) groups is 2. The van der Waals surface area contributed by atoms with Crippen molar-refractivity contribution in [3.05, 3.63) is 34.9 Å². The largest absolute Gasteiger partial charge is 0.480 e. The Morgan fingerprint density at radius 2 is 2.17 bits per heavy atom. The van der Waals surface area contributed by atoms with E-state index in [0.29, 0.717) is 17.9 Å². The van der Waals surface area contributed by atoms with Gasteiger partial charge < -0.3 is 10.4 Å². The molecule has 1 aromatic carbocycles. The van der Waals surface area contributed by atoms with Crippen molar-refractivity contribution in [2.24, 2.45) is 0 Å². The van der Waals surface area contributed by atoms with E-state index in [4.69, 9.17) is 16.7 Å². The lowest BCUT2D eigenvalue weighted by Crippen LogP contribution is -2.42. The van der Waals surface area contributed by atoms with Gasteiger partial charge in [0.1, 0.15) is 6.04 Å². The second-order valence-corrected chi connectivity index (χ2v) is 4.48. The fraction of sp³-hybridized carbons (Fsp3) is 0.385. The Hall–Kier alpha value is -1.55. The number of carboxylic acids is 1. The number of hydrogen-bond donors (Lipinski definition) is 2. The first-order chi connectivity index (χ1) is 8.52. The summed E-state index contributed by atoms with van der Waals surface area (Å²) in [6.45, 7) is 1.87. The lowest BCUT2D eigenvalue weighted by molar-refractivity contribution is -0.141. The van der Waals surface area contributed by atoms with Crippen LogP contribution < -0.4 is 5.32 Å². The van der Waals surface area contributed by atoms with Crippen LogP contribution in [0.25, 0.3) is 0 Å². The number of rotatable bonds is 6. The summed E-state index contributed by atoms with van der Waals surface area (Å²) in [4.78, 5) is 22.5. The molecule has 0 saturated heterocycles. The molecule has 0 radical (unpaired) electrons. The van der Waals surface area contributed by atoms with Crippen molar-refractivity contribution in [3.8, 4) is 0 Å². The Bertz CT molecular complexity index is 434. The molecule has 0 aromatic heterocycles. The molecule has 18 heavy (non-hydrogen) atoms. The Kier molecular flexibility index (Phi) is 5.65. The molecule has 0 aliphatic rings. The Morgan fingerprint density at radius 1 is 1.44 bits per heavy atom. The van der Waals surface area contributed by atoms with Gasteiger partial charge in [-0.15, -0.1) is 0 Å². The number of hydrogen-bond acceptors (Lipinski definition) is 2. The first-order valence-electron chi connectivity index (χ1n) is 5.79. The summed E-state index contributed by atoms with van der Waals surface area (Å²) in [5, 5.41) is 12.1. The number of carboxylic acid groups (broad SMARTS) is 1. The van der Waals surface area contributed by atoms with E-state index in [0.717, 1.165) is 5.56 Å². The van der Waals surface area contributed by atoms with Gasteiger partial charge in [-0.25, -0.2) is 4.79 Å². The zero-order chi connectivity index (χ0) is 13.5. The average molecular weight is 270 g/mol. The van der Waals surface area contributed by atoms with E-state index in [-0.39, 0.29) is 12.3 Å². The van der Waals surface area contributed by atoms with Gasteiger partial charge in [0.25, 0.3) is 0 Å². The van der Waals surface area contributed by atoms with E-state index in [1.165, 1.54) is 0 Å². The lowest BCUT2D eigenvalue weighted by Gasteiger charge is -2.14. The summed E-state index contributed by atoms with van der Waals surface area (Å²) in [6.07, 6.45) is 1.25. The molecule has 0 bridgehead atoms. The van der Waals surface area contributed by atoms with Crippen LogP contribution in [0.2, 0.25) is 5.02 Å². The third kappa shape index (κ3) is 4.75. The van der Waals surface area contributed by atoms with Gasteiger partial charge in [-0.1, -0.05) is 30.7 Å². The highest BCUT2D eigenvalue weighted by Crippen LogP contribution is 2.12. The number of carbonyl (C=O) groups excluding carboxylic acids is 1. The van der Waals surface area contributed by atoms with Crippen molar-refractivity contribution < 1.29 is 14.7 Å². The lowest BCUT2D eigenvalue weighted by atomic mass is 10.1. The molecule has 1 atom stereocenters. The van der Waals surface area contributed by atoms with Crippen LogP contribution in [0, 0.1) is 0 Å². The van der Waals surface area contributed by atoms with Gasteiger partial charge in [0, 0.05) is 17.9 Å². The highest BCUT2D eigenvalue weighted by molar-refractivity contribution is 6.30. The number of amides is 1. The van der Waals surface area contributed by atoms with Gasteiger partial charge in [0.05, 0.1) is 0 Å². The fourth-order valence-electron chi connectivity index (χ4n) is 1.59. The molecule has 0 fully saturated rings. The molecule has 1 rings (SSSR count). The molecule has 0 aliphatic carbocycles. The first-order valence-corrected chi connectivity index (χ1v) is 6.17. The van der Waals surface area contributed by atoms with Gasteiger partial charge in [0.15, 0.2) is 0 Å². The van der Waals surface area contributed by atoms with E-state index in [1.54, 1.807) is 24.3 Å². The molecule has 0 aliphatic heterocycles.